The lowest BCUT2D eigenvalue weighted by atomic mass is 9.80. The number of rotatable bonds is 2. The van der Waals surface area contributed by atoms with E-state index < -0.39 is 0 Å². The van der Waals surface area contributed by atoms with Crippen LogP contribution in [0.5, 0.6) is 0 Å². The fourth-order valence-corrected chi connectivity index (χ4v) is 3.31. The van der Waals surface area contributed by atoms with E-state index in [1.807, 2.05) is 30.3 Å². The molecule has 0 unspecified atom stereocenters. The molecule has 2 amide bonds. The molecule has 2 heterocycles. The monoisotopic (exact) mass is 302 g/mol. The third kappa shape index (κ3) is 3.40. The Labute approximate surface area is 130 Å². The van der Waals surface area contributed by atoms with E-state index in [2.05, 4.69) is 5.32 Å². The van der Waals surface area contributed by atoms with E-state index in [0.29, 0.717) is 26.1 Å². The van der Waals surface area contributed by atoms with Gasteiger partial charge in [-0.3, -0.25) is 4.79 Å². The van der Waals surface area contributed by atoms with Gasteiger partial charge in [-0.25, -0.2) is 4.79 Å². The van der Waals surface area contributed by atoms with Crippen molar-refractivity contribution < 1.29 is 14.3 Å². The number of amides is 2. The van der Waals surface area contributed by atoms with Gasteiger partial charge in [0.05, 0.1) is 0 Å². The minimum absolute atomic E-state index is 0.0917. The molecule has 0 aromatic heterocycles. The summed E-state index contributed by atoms with van der Waals surface area (Å²) in [4.78, 5) is 25.5. The van der Waals surface area contributed by atoms with Crippen LogP contribution in [0, 0.1) is 0 Å². The molecule has 5 nitrogen and oxygen atoms in total. The van der Waals surface area contributed by atoms with E-state index in [9.17, 15) is 9.59 Å². The Hall–Kier alpha value is -2.04. The standard InChI is InChI=1S/C17H22N2O3/c20-15-7-4-8-17(18-15)9-11-19(12-10-17)16(21)22-13-14-5-2-1-3-6-14/h1-3,5-6H,4,7-13H2,(H,18,20). The van der Waals surface area contributed by atoms with Gasteiger partial charge >= 0.3 is 6.09 Å². The summed E-state index contributed by atoms with van der Waals surface area (Å²) >= 11 is 0. The van der Waals surface area contributed by atoms with Crippen LogP contribution >= 0.6 is 0 Å². The van der Waals surface area contributed by atoms with Gasteiger partial charge in [0.2, 0.25) is 5.91 Å². The number of carbonyl (C=O) groups excluding carboxylic acids is 2. The minimum Gasteiger partial charge on any atom is -0.445 e. The van der Waals surface area contributed by atoms with Crippen molar-refractivity contribution in [3.8, 4) is 0 Å². The third-order valence-electron chi connectivity index (χ3n) is 4.65. The lowest BCUT2D eigenvalue weighted by Gasteiger charge is -2.44. The maximum absolute atomic E-state index is 12.1. The summed E-state index contributed by atoms with van der Waals surface area (Å²) in [5, 5.41) is 3.13. The van der Waals surface area contributed by atoms with E-state index in [1.54, 1.807) is 4.90 Å². The van der Waals surface area contributed by atoms with E-state index in [1.165, 1.54) is 0 Å². The van der Waals surface area contributed by atoms with Crippen LogP contribution in [0.1, 0.15) is 37.7 Å². The van der Waals surface area contributed by atoms with Crippen molar-refractivity contribution >= 4 is 12.0 Å². The van der Waals surface area contributed by atoms with Gasteiger partial charge in [0.25, 0.3) is 0 Å². The summed E-state index contributed by atoms with van der Waals surface area (Å²) < 4.78 is 5.36. The van der Waals surface area contributed by atoms with E-state index in [0.717, 1.165) is 31.2 Å². The summed E-state index contributed by atoms with van der Waals surface area (Å²) in [5.41, 5.74) is 0.898. The molecule has 0 atom stereocenters. The maximum Gasteiger partial charge on any atom is 0.410 e. The molecule has 1 N–H and O–H groups in total. The van der Waals surface area contributed by atoms with Crippen LogP contribution in [0.25, 0.3) is 0 Å². The largest absolute Gasteiger partial charge is 0.445 e. The highest BCUT2D eigenvalue weighted by molar-refractivity contribution is 5.77. The molecule has 1 aromatic rings. The van der Waals surface area contributed by atoms with Gasteiger partial charge in [-0.2, -0.15) is 0 Å². The fraction of sp³-hybridized carbons (Fsp3) is 0.529. The van der Waals surface area contributed by atoms with Crippen LogP contribution in [0.4, 0.5) is 4.79 Å². The molecule has 5 heteroatoms. The highest BCUT2D eigenvalue weighted by Crippen LogP contribution is 2.31. The number of ether oxygens (including phenoxy) is 1. The number of hydrogen-bond acceptors (Lipinski definition) is 3. The van der Waals surface area contributed by atoms with Gasteiger partial charge in [-0.15, -0.1) is 0 Å². The average Bonchev–Trinajstić information content (AvgIpc) is 2.54. The fourth-order valence-electron chi connectivity index (χ4n) is 3.31. The second kappa shape index (κ2) is 6.38. The van der Waals surface area contributed by atoms with Crippen molar-refractivity contribution in [1.29, 1.82) is 0 Å². The predicted molar refractivity (Wildman–Crippen MR) is 82.2 cm³/mol. The second-order valence-corrected chi connectivity index (χ2v) is 6.21. The molecule has 0 bridgehead atoms. The van der Waals surface area contributed by atoms with Crippen LogP contribution in [0.2, 0.25) is 0 Å². The average molecular weight is 302 g/mol. The first-order valence-corrected chi connectivity index (χ1v) is 7.94. The van der Waals surface area contributed by atoms with Gasteiger partial charge in [-0.1, -0.05) is 30.3 Å². The number of piperidine rings is 2. The van der Waals surface area contributed by atoms with Crippen molar-refractivity contribution in [2.75, 3.05) is 13.1 Å². The van der Waals surface area contributed by atoms with E-state index in [-0.39, 0.29) is 17.5 Å². The summed E-state index contributed by atoms with van der Waals surface area (Å²) in [6.07, 6.45) is 3.97. The van der Waals surface area contributed by atoms with E-state index >= 15 is 0 Å². The number of hydrogen-bond donors (Lipinski definition) is 1. The molecule has 2 aliphatic heterocycles. The van der Waals surface area contributed by atoms with Crippen molar-refractivity contribution in [1.82, 2.24) is 10.2 Å². The predicted octanol–water partition coefficient (Wildman–Crippen LogP) is 2.46. The minimum atomic E-state index is -0.263. The highest BCUT2D eigenvalue weighted by Gasteiger charge is 2.39. The summed E-state index contributed by atoms with van der Waals surface area (Å²) in [6.45, 7) is 1.60. The van der Waals surface area contributed by atoms with Gasteiger partial charge in [0.15, 0.2) is 0 Å². The maximum atomic E-state index is 12.1. The Kier molecular flexibility index (Phi) is 4.32. The first-order valence-electron chi connectivity index (χ1n) is 7.94. The van der Waals surface area contributed by atoms with Crippen LogP contribution < -0.4 is 5.32 Å². The number of carbonyl (C=O) groups is 2. The number of likely N-dealkylation sites (tertiary alicyclic amines) is 1. The Morgan fingerprint density at radius 3 is 2.59 bits per heavy atom. The van der Waals surface area contributed by atoms with Crippen LogP contribution in [0.15, 0.2) is 30.3 Å². The summed E-state index contributed by atoms with van der Waals surface area (Å²) in [7, 11) is 0. The molecular formula is C17H22N2O3. The Morgan fingerprint density at radius 1 is 1.18 bits per heavy atom. The molecule has 0 saturated carbocycles. The molecule has 3 rings (SSSR count). The molecule has 0 aliphatic carbocycles. The second-order valence-electron chi connectivity index (χ2n) is 6.21. The number of nitrogens with one attached hydrogen (secondary N) is 1. The van der Waals surface area contributed by atoms with Crippen LogP contribution in [0.3, 0.4) is 0 Å². The normalized spacial score (nSPS) is 20.5. The highest BCUT2D eigenvalue weighted by atomic mass is 16.6. The Morgan fingerprint density at radius 2 is 1.91 bits per heavy atom. The summed E-state index contributed by atoms with van der Waals surface area (Å²) in [5.74, 6) is 0.145. The summed E-state index contributed by atoms with van der Waals surface area (Å²) in [6, 6.07) is 9.68. The first-order chi connectivity index (χ1) is 10.7. The van der Waals surface area contributed by atoms with Gasteiger partial charge in [0, 0.05) is 25.0 Å². The first kappa shape index (κ1) is 14.9. The Balaban J connectivity index is 1.48. The van der Waals surface area contributed by atoms with Crippen LogP contribution in [-0.4, -0.2) is 35.5 Å². The van der Waals surface area contributed by atoms with Crippen molar-refractivity contribution in [3.63, 3.8) is 0 Å². The lowest BCUT2D eigenvalue weighted by molar-refractivity contribution is -0.125. The van der Waals surface area contributed by atoms with Gasteiger partial charge < -0.3 is 15.0 Å². The molecule has 1 spiro atoms. The molecule has 22 heavy (non-hydrogen) atoms. The van der Waals surface area contributed by atoms with Gasteiger partial charge in [0.1, 0.15) is 6.61 Å². The van der Waals surface area contributed by atoms with Gasteiger partial charge in [-0.05, 0) is 31.2 Å². The lowest BCUT2D eigenvalue weighted by Crippen LogP contribution is -2.58. The zero-order valence-corrected chi connectivity index (χ0v) is 12.7. The smallest absolute Gasteiger partial charge is 0.410 e. The molecule has 2 aliphatic rings. The molecule has 2 fully saturated rings. The van der Waals surface area contributed by atoms with Crippen LogP contribution in [-0.2, 0) is 16.1 Å². The van der Waals surface area contributed by atoms with Crippen molar-refractivity contribution in [3.05, 3.63) is 35.9 Å². The van der Waals surface area contributed by atoms with E-state index in [4.69, 9.17) is 4.74 Å². The number of nitrogens with zero attached hydrogens (tertiary/aromatic N) is 1. The molecular weight excluding hydrogens is 280 g/mol. The molecule has 2 saturated heterocycles. The zero-order valence-electron chi connectivity index (χ0n) is 12.7. The zero-order chi connectivity index (χ0) is 15.4. The topological polar surface area (TPSA) is 58.6 Å². The molecule has 118 valence electrons. The quantitative estimate of drug-likeness (QED) is 0.913. The Bertz CT molecular complexity index is 536. The number of benzene rings is 1. The molecule has 0 radical (unpaired) electrons. The third-order valence-corrected chi connectivity index (χ3v) is 4.65. The van der Waals surface area contributed by atoms with Crippen molar-refractivity contribution in [2.24, 2.45) is 0 Å². The molecule has 1 aromatic carbocycles. The van der Waals surface area contributed by atoms with Crippen molar-refractivity contribution in [2.45, 2.75) is 44.2 Å². The SMILES string of the molecule is O=C1CCCC2(CCN(C(=O)OCc3ccccc3)CC2)N1.